The molecule has 24 heavy (non-hydrogen) atoms. The summed E-state index contributed by atoms with van der Waals surface area (Å²) < 4.78 is 1.37. The number of para-hydroxylation sites is 1. The fraction of sp³-hybridized carbons (Fsp3) is 0.353. The molecule has 7 heteroatoms. The van der Waals surface area contributed by atoms with Gasteiger partial charge in [0.1, 0.15) is 5.69 Å². The first-order valence-electron chi connectivity index (χ1n) is 7.92. The number of aromatic nitrogens is 2. The van der Waals surface area contributed by atoms with E-state index in [4.69, 9.17) is 11.5 Å². The number of amides is 2. The van der Waals surface area contributed by atoms with Gasteiger partial charge in [0.05, 0.1) is 5.69 Å². The van der Waals surface area contributed by atoms with Crippen LogP contribution in [0.25, 0.3) is 5.69 Å². The number of rotatable bonds is 7. The van der Waals surface area contributed by atoms with Gasteiger partial charge in [0.2, 0.25) is 0 Å². The van der Waals surface area contributed by atoms with E-state index < -0.39 is 11.4 Å². The molecule has 0 aliphatic carbocycles. The van der Waals surface area contributed by atoms with Gasteiger partial charge in [-0.2, -0.15) is 5.10 Å². The van der Waals surface area contributed by atoms with E-state index in [2.05, 4.69) is 10.4 Å². The average molecular weight is 329 g/mol. The van der Waals surface area contributed by atoms with E-state index in [1.807, 2.05) is 32.0 Å². The molecule has 2 aromatic rings. The third-order valence-corrected chi connectivity index (χ3v) is 4.20. The van der Waals surface area contributed by atoms with Gasteiger partial charge in [0.15, 0.2) is 5.69 Å². The third kappa shape index (κ3) is 3.80. The Morgan fingerprint density at radius 1 is 1.21 bits per heavy atom. The van der Waals surface area contributed by atoms with Crippen LogP contribution in [0.3, 0.4) is 0 Å². The van der Waals surface area contributed by atoms with Crippen molar-refractivity contribution >= 4 is 11.8 Å². The lowest BCUT2D eigenvalue weighted by Gasteiger charge is -2.26. The summed E-state index contributed by atoms with van der Waals surface area (Å²) in [6, 6.07) is 10.4. The Labute approximate surface area is 141 Å². The summed E-state index contributed by atoms with van der Waals surface area (Å²) in [5, 5.41) is 7.00. The zero-order valence-electron chi connectivity index (χ0n) is 14.0. The van der Waals surface area contributed by atoms with Crippen molar-refractivity contribution < 1.29 is 9.59 Å². The molecule has 1 aromatic carbocycles. The van der Waals surface area contributed by atoms with E-state index in [1.54, 1.807) is 12.1 Å². The molecule has 7 nitrogen and oxygen atoms in total. The van der Waals surface area contributed by atoms with E-state index >= 15 is 0 Å². The topological polar surface area (TPSA) is 116 Å². The van der Waals surface area contributed by atoms with Crippen molar-refractivity contribution in [3.8, 4) is 5.69 Å². The Morgan fingerprint density at radius 3 is 2.38 bits per heavy atom. The number of primary amides is 1. The molecule has 5 N–H and O–H groups in total. The molecule has 0 aliphatic rings. The first-order chi connectivity index (χ1) is 11.4. The second-order valence-corrected chi connectivity index (χ2v) is 5.78. The molecule has 0 spiro atoms. The van der Waals surface area contributed by atoms with Gasteiger partial charge in [0, 0.05) is 18.2 Å². The zero-order chi connectivity index (χ0) is 17.7. The lowest BCUT2D eigenvalue weighted by atomic mass is 9.94. The molecule has 2 amide bonds. The summed E-state index contributed by atoms with van der Waals surface area (Å²) >= 11 is 0. The van der Waals surface area contributed by atoms with Crippen molar-refractivity contribution in [1.82, 2.24) is 15.1 Å². The maximum Gasteiger partial charge on any atom is 0.271 e. The standard InChI is InChI=1S/C17H23N5O2/c1-3-17(19,4-2)11-20-16(24)13-10-14(15(18)23)22(21-13)12-8-6-5-7-9-12/h5-10H,3-4,11,19H2,1-2H3,(H2,18,23)(H,20,24). The molecule has 0 radical (unpaired) electrons. The predicted octanol–water partition coefficient (Wildman–Crippen LogP) is 1.22. The largest absolute Gasteiger partial charge is 0.364 e. The Hall–Kier alpha value is -2.67. The van der Waals surface area contributed by atoms with Crippen molar-refractivity contribution in [1.29, 1.82) is 0 Å². The minimum absolute atomic E-state index is 0.127. The van der Waals surface area contributed by atoms with Gasteiger partial charge in [-0.05, 0) is 25.0 Å². The molecule has 0 fully saturated rings. The Morgan fingerprint density at radius 2 is 1.83 bits per heavy atom. The minimum Gasteiger partial charge on any atom is -0.364 e. The first kappa shape index (κ1) is 17.7. The summed E-state index contributed by atoms with van der Waals surface area (Å²) in [6.45, 7) is 4.29. The molecule has 1 aromatic heterocycles. The van der Waals surface area contributed by atoms with Crippen molar-refractivity contribution in [3.05, 3.63) is 47.8 Å². The smallest absolute Gasteiger partial charge is 0.271 e. The van der Waals surface area contributed by atoms with Gasteiger partial charge in [-0.25, -0.2) is 4.68 Å². The summed E-state index contributed by atoms with van der Waals surface area (Å²) in [4.78, 5) is 24.0. The molecule has 1 heterocycles. The van der Waals surface area contributed by atoms with Crippen LogP contribution < -0.4 is 16.8 Å². The van der Waals surface area contributed by atoms with E-state index in [0.29, 0.717) is 12.2 Å². The van der Waals surface area contributed by atoms with Crippen LogP contribution in [0.4, 0.5) is 0 Å². The second kappa shape index (κ2) is 7.27. The number of hydrogen-bond donors (Lipinski definition) is 3. The Balaban J connectivity index is 2.25. The van der Waals surface area contributed by atoms with Crippen LogP contribution in [0.5, 0.6) is 0 Å². The van der Waals surface area contributed by atoms with Crippen LogP contribution in [-0.2, 0) is 0 Å². The van der Waals surface area contributed by atoms with Crippen LogP contribution in [0.1, 0.15) is 47.7 Å². The minimum atomic E-state index is -0.652. The van der Waals surface area contributed by atoms with Crippen LogP contribution >= 0.6 is 0 Å². The highest BCUT2D eigenvalue weighted by molar-refractivity contribution is 5.97. The molecule has 2 rings (SSSR count). The fourth-order valence-corrected chi connectivity index (χ4v) is 2.28. The van der Waals surface area contributed by atoms with Crippen LogP contribution in [0.15, 0.2) is 36.4 Å². The maximum absolute atomic E-state index is 12.3. The molecule has 128 valence electrons. The average Bonchev–Trinajstić information content (AvgIpc) is 3.06. The zero-order valence-corrected chi connectivity index (χ0v) is 14.0. The molecular formula is C17H23N5O2. The lowest BCUT2D eigenvalue weighted by Crippen LogP contribution is -2.49. The van der Waals surface area contributed by atoms with Gasteiger partial charge < -0.3 is 16.8 Å². The molecule has 0 unspecified atom stereocenters. The van der Waals surface area contributed by atoms with Crippen molar-refractivity contribution in [3.63, 3.8) is 0 Å². The van der Waals surface area contributed by atoms with E-state index in [-0.39, 0.29) is 17.3 Å². The number of nitrogens with zero attached hydrogens (tertiary/aromatic N) is 2. The van der Waals surface area contributed by atoms with Crippen molar-refractivity contribution in [2.75, 3.05) is 6.54 Å². The van der Waals surface area contributed by atoms with Crippen molar-refractivity contribution in [2.24, 2.45) is 11.5 Å². The number of nitrogens with one attached hydrogen (secondary N) is 1. The number of carbonyl (C=O) groups excluding carboxylic acids is 2. The number of nitrogens with two attached hydrogens (primary N) is 2. The van der Waals surface area contributed by atoms with Gasteiger partial charge in [-0.15, -0.1) is 0 Å². The van der Waals surface area contributed by atoms with Crippen LogP contribution in [0.2, 0.25) is 0 Å². The number of benzene rings is 1. The maximum atomic E-state index is 12.3. The van der Waals surface area contributed by atoms with Crippen molar-refractivity contribution in [2.45, 2.75) is 32.2 Å². The second-order valence-electron chi connectivity index (χ2n) is 5.78. The molecular weight excluding hydrogens is 306 g/mol. The summed E-state index contributed by atoms with van der Waals surface area (Å²) in [7, 11) is 0. The molecule has 0 bridgehead atoms. The van der Waals surface area contributed by atoms with E-state index in [0.717, 1.165) is 12.8 Å². The number of hydrogen-bond acceptors (Lipinski definition) is 4. The molecule has 0 saturated carbocycles. The first-order valence-corrected chi connectivity index (χ1v) is 7.92. The molecule has 0 aliphatic heterocycles. The molecule has 0 atom stereocenters. The quantitative estimate of drug-likeness (QED) is 0.708. The summed E-state index contributed by atoms with van der Waals surface area (Å²) in [6.07, 6.45) is 1.49. The third-order valence-electron chi connectivity index (χ3n) is 4.20. The van der Waals surface area contributed by atoms with Gasteiger partial charge in [-0.1, -0.05) is 32.0 Å². The fourth-order valence-electron chi connectivity index (χ4n) is 2.28. The predicted molar refractivity (Wildman–Crippen MR) is 91.9 cm³/mol. The Kier molecular flexibility index (Phi) is 5.35. The van der Waals surface area contributed by atoms with Gasteiger partial charge in [0.25, 0.3) is 11.8 Å². The summed E-state index contributed by atoms with van der Waals surface area (Å²) in [5.74, 6) is -1.04. The monoisotopic (exact) mass is 329 g/mol. The highest BCUT2D eigenvalue weighted by Gasteiger charge is 2.23. The SMILES string of the molecule is CCC(N)(CC)CNC(=O)c1cc(C(N)=O)n(-c2ccccc2)n1. The van der Waals surface area contributed by atoms with Crippen LogP contribution in [-0.4, -0.2) is 33.7 Å². The molecule has 0 saturated heterocycles. The van der Waals surface area contributed by atoms with Crippen LogP contribution in [0, 0.1) is 0 Å². The van der Waals surface area contributed by atoms with Gasteiger partial charge in [-0.3, -0.25) is 9.59 Å². The lowest BCUT2D eigenvalue weighted by molar-refractivity contribution is 0.0936. The normalized spacial score (nSPS) is 11.3. The van der Waals surface area contributed by atoms with E-state index in [1.165, 1.54) is 10.7 Å². The Bertz CT molecular complexity index is 720. The summed E-state index contributed by atoms with van der Waals surface area (Å²) in [5.41, 5.74) is 12.1. The number of carbonyl (C=O) groups is 2. The van der Waals surface area contributed by atoms with E-state index in [9.17, 15) is 9.59 Å². The highest BCUT2D eigenvalue weighted by Crippen LogP contribution is 2.13. The van der Waals surface area contributed by atoms with Gasteiger partial charge >= 0.3 is 0 Å². The highest BCUT2D eigenvalue weighted by atomic mass is 16.2.